The smallest absolute Gasteiger partial charge is 0.122 e. The molecule has 4 heteroatoms. The average Bonchev–Trinajstić information content (AvgIpc) is 2.52. The molecule has 1 N–H and O–H groups in total. The van der Waals surface area contributed by atoms with Crippen molar-refractivity contribution in [3.63, 3.8) is 0 Å². The van der Waals surface area contributed by atoms with Gasteiger partial charge < -0.3 is 14.8 Å². The lowest BCUT2D eigenvalue weighted by Gasteiger charge is -2.18. The Hall–Kier alpha value is -1.71. The molecule has 0 bridgehead atoms. The lowest BCUT2D eigenvalue weighted by Crippen LogP contribution is -2.33. The van der Waals surface area contributed by atoms with Crippen molar-refractivity contribution in [1.82, 2.24) is 5.32 Å². The molecule has 0 spiro atoms. The Labute approximate surface area is 130 Å². The van der Waals surface area contributed by atoms with Crippen LogP contribution in [-0.2, 0) is 6.42 Å². The van der Waals surface area contributed by atoms with Crippen LogP contribution in [0.5, 0.6) is 11.5 Å². The summed E-state index contributed by atoms with van der Waals surface area (Å²) in [5.74, 6) is 1.72. The minimum Gasteiger partial charge on any atom is -0.496 e. The first-order valence-electron chi connectivity index (χ1n) is 6.90. The van der Waals surface area contributed by atoms with Gasteiger partial charge in [-0.25, -0.2) is 0 Å². The van der Waals surface area contributed by atoms with Crippen molar-refractivity contribution in [3.8, 4) is 11.5 Å². The molecule has 0 saturated heterocycles. The molecule has 0 amide bonds. The predicted molar refractivity (Wildman–Crippen MR) is 86.5 cm³/mol. The number of para-hydroxylation sites is 1. The third-order valence-corrected chi connectivity index (χ3v) is 3.55. The van der Waals surface area contributed by atoms with Gasteiger partial charge in [0.05, 0.1) is 7.11 Å². The van der Waals surface area contributed by atoms with Crippen molar-refractivity contribution in [2.45, 2.75) is 12.5 Å². The highest BCUT2D eigenvalue weighted by atomic mass is 35.5. The van der Waals surface area contributed by atoms with Crippen LogP contribution >= 0.6 is 11.6 Å². The molecular weight excluding hydrogens is 286 g/mol. The van der Waals surface area contributed by atoms with Gasteiger partial charge in [0.15, 0.2) is 0 Å². The van der Waals surface area contributed by atoms with Gasteiger partial charge >= 0.3 is 0 Å². The second-order valence-electron chi connectivity index (χ2n) is 4.77. The van der Waals surface area contributed by atoms with E-state index in [1.165, 1.54) is 0 Å². The number of rotatable bonds is 7. The molecule has 21 heavy (non-hydrogen) atoms. The van der Waals surface area contributed by atoms with E-state index in [-0.39, 0.29) is 6.04 Å². The minimum atomic E-state index is 0.178. The fraction of sp³-hybridized carbons (Fsp3) is 0.294. The summed E-state index contributed by atoms with van der Waals surface area (Å²) in [6, 6.07) is 15.6. The van der Waals surface area contributed by atoms with Crippen LogP contribution in [0.3, 0.4) is 0 Å². The third-order valence-electron chi connectivity index (χ3n) is 3.31. The van der Waals surface area contributed by atoms with Gasteiger partial charge in [-0.2, -0.15) is 0 Å². The molecule has 2 aromatic rings. The number of nitrogens with one attached hydrogen (secondary N) is 1. The molecule has 0 saturated carbocycles. The van der Waals surface area contributed by atoms with Crippen LogP contribution in [0.1, 0.15) is 5.56 Å². The van der Waals surface area contributed by atoms with Crippen molar-refractivity contribution < 1.29 is 9.47 Å². The standard InChI is InChI=1S/C17H20ClNO2/c1-19-15(12-21-16-6-4-3-5-7-16)11-13-10-14(18)8-9-17(13)20-2/h3-10,15,19H,11-12H2,1-2H3. The molecule has 0 fully saturated rings. The van der Waals surface area contributed by atoms with Crippen LogP contribution in [0.4, 0.5) is 0 Å². The van der Waals surface area contributed by atoms with E-state index in [0.29, 0.717) is 11.6 Å². The van der Waals surface area contributed by atoms with Crippen molar-refractivity contribution in [3.05, 3.63) is 59.1 Å². The van der Waals surface area contributed by atoms with Gasteiger partial charge in [0.25, 0.3) is 0 Å². The highest BCUT2D eigenvalue weighted by Crippen LogP contribution is 2.24. The highest BCUT2D eigenvalue weighted by molar-refractivity contribution is 6.30. The summed E-state index contributed by atoms with van der Waals surface area (Å²) in [7, 11) is 3.59. The summed E-state index contributed by atoms with van der Waals surface area (Å²) in [5.41, 5.74) is 1.07. The van der Waals surface area contributed by atoms with E-state index < -0.39 is 0 Å². The van der Waals surface area contributed by atoms with E-state index in [1.807, 2.05) is 55.6 Å². The lowest BCUT2D eigenvalue weighted by molar-refractivity contribution is 0.268. The molecule has 112 valence electrons. The second-order valence-corrected chi connectivity index (χ2v) is 5.21. The number of halogens is 1. The van der Waals surface area contributed by atoms with Crippen LogP contribution in [-0.4, -0.2) is 26.8 Å². The third kappa shape index (κ3) is 4.66. The number of hydrogen-bond acceptors (Lipinski definition) is 3. The second kappa shape index (κ2) is 7.91. The molecule has 0 aromatic heterocycles. The van der Waals surface area contributed by atoms with Crippen LogP contribution < -0.4 is 14.8 Å². The summed E-state index contributed by atoms with van der Waals surface area (Å²) in [5, 5.41) is 3.98. The van der Waals surface area contributed by atoms with Gasteiger partial charge in [-0.15, -0.1) is 0 Å². The van der Waals surface area contributed by atoms with Gasteiger partial charge in [0.1, 0.15) is 18.1 Å². The van der Waals surface area contributed by atoms with Crippen molar-refractivity contribution in [2.75, 3.05) is 20.8 Å². The summed E-state index contributed by atoms with van der Waals surface area (Å²) in [6.07, 6.45) is 0.785. The normalized spacial score (nSPS) is 12.0. The first-order chi connectivity index (χ1) is 10.2. The van der Waals surface area contributed by atoms with E-state index >= 15 is 0 Å². The Balaban J connectivity index is 2.00. The number of methoxy groups -OCH3 is 1. The zero-order valence-electron chi connectivity index (χ0n) is 12.3. The number of likely N-dealkylation sites (N-methyl/N-ethyl adjacent to an activating group) is 1. The number of hydrogen-bond donors (Lipinski definition) is 1. The van der Waals surface area contributed by atoms with E-state index in [9.17, 15) is 0 Å². The maximum absolute atomic E-state index is 6.07. The van der Waals surface area contributed by atoms with E-state index in [2.05, 4.69) is 5.32 Å². The maximum atomic E-state index is 6.07. The van der Waals surface area contributed by atoms with E-state index in [0.717, 1.165) is 23.5 Å². The SMILES string of the molecule is CNC(COc1ccccc1)Cc1cc(Cl)ccc1OC. The molecule has 0 aliphatic carbocycles. The Bertz CT molecular complexity index is 560. The molecule has 0 aliphatic heterocycles. The minimum absolute atomic E-state index is 0.178. The Kier molecular flexibility index (Phi) is 5.90. The molecule has 0 aliphatic rings. The fourth-order valence-corrected chi connectivity index (χ4v) is 2.32. The van der Waals surface area contributed by atoms with Gasteiger partial charge in [0.2, 0.25) is 0 Å². The van der Waals surface area contributed by atoms with Crippen LogP contribution in [0.25, 0.3) is 0 Å². The first kappa shape index (κ1) is 15.7. The van der Waals surface area contributed by atoms with Gasteiger partial charge in [0, 0.05) is 11.1 Å². The van der Waals surface area contributed by atoms with Crippen LogP contribution in [0.2, 0.25) is 5.02 Å². The van der Waals surface area contributed by atoms with E-state index in [4.69, 9.17) is 21.1 Å². The Morgan fingerprint density at radius 3 is 2.57 bits per heavy atom. The predicted octanol–water partition coefficient (Wildman–Crippen LogP) is 3.56. The molecule has 0 radical (unpaired) electrons. The summed E-state index contributed by atoms with van der Waals surface area (Å²) in [4.78, 5) is 0. The molecule has 1 unspecified atom stereocenters. The molecular formula is C17H20ClNO2. The van der Waals surface area contributed by atoms with Crippen molar-refractivity contribution in [1.29, 1.82) is 0 Å². The van der Waals surface area contributed by atoms with Gasteiger partial charge in [-0.1, -0.05) is 29.8 Å². The fourth-order valence-electron chi connectivity index (χ4n) is 2.13. The summed E-state index contributed by atoms with van der Waals surface area (Å²) < 4.78 is 11.2. The highest BCUT2D eigenvalue weighted by Gasteiger charge is 2.12. The number of ether oxygens (including phenoxy) is 2. The quantitative estimate of drug-likeness (QED) is 0.848. The molecule has 2 aromatic carbocycles. The van der Waals surface area contributed by atoms with Crippen LogP contribution in [0.15, 0.2) is 48.5 Å². The first-order valence-corrected chi connectivity index (χ1v) is 7.28. The van der Waals surface area contributed by atoms with E-state index in [1.54, 1.807) is 7.11 Å². The average molecular weight is 306 g/mol. The van der Waals surface area contributed by atoms with Gasteiger partial charge in [-0.05, 0) is 49.4 Å². The monoisotopic (exact) mass is 305 g/mol. The lowest BCUT2D eigenvalue weighted by atomic mass is 10.1. The zero-order chi connectivity index (χ0) is 15.1. The Morgan fingerprint density at radius 1 is 1.14 bits per heavy atom. The van der Waals surface area contributed by atoms with Crippen molar-refractivity contribution >= 4 is 11.6 Å². The summed E-state index contributed by atoms with van der Waals surface area (Å²) >= 11 is 6.07. The zero-order valence-corrected chi connectivity index (χ0v) is 13.1. The Morgan fingerprint density at radius 2 is 1.90 bits per heavy atom. The van der Waals surface area contributed by atoms with Gasteiger partial charge in [-0.3, -0.25) is 0 Å². The van der Waals surface area contributed by atoms with Crippen LogP contribution in [0, 0.1) is 0 Å². The maximum Gasteiger partial charge on any atom is 0.122 e. The summed E-state index contributed by atoms with van der Waals surface area (Å²) in [6.45, 7) is 0.580. The molecule has 3 nitrogen and oxygen atoms in total. The largest absolute Gasteiger partial charge is 0.496 e. The van der Waals surface area contributed by atoms with Crippen molar-refractivity contribution in [2.24, 2.45) is 0 Å². The number of benzene rings is 2. The molecule has 0 heterocycles. The topological polar surface area (TPSA) is 30.5 Å². The molecule has 2 rings (SSSR count). The molecule has 1 atom stereocenters.